The Bertz CT molecular complexity index is 351. The normalized spacial score (nSPS) is 13.2. The lowest BCUT2D eigenvalue weighted by molar-refractivity contribution is -0.141. The summed E-state index contributed by atoms with van der Waals surface area (Å²) in [6.45, 7) is 3.48. The topological polar surface area (TPSA) is 80.7 Å². The van der Waals surface area contributed by atoms with Crippen LogP contribution in [0.3, 0.4) is 0 Å². The maximum absolute atomic E-state index is 11.2. The smallest absolute Gasteiger partial charge is 0.302 e. The van der Waals surface area contributed by atoms with Crippen molar-refractivity contribution in [1.82, 2.24) is 0 Å². The minimum absolute atomic E-state index is 0.0380. The predicted octanol–water partition coefficient (Wildman–Crippen LogP) is 3.34. The van der Waals surface area contributed by atoms with E-state index in [1.807, 2.05) is 0 Å². The third kappa shape index (κ3) is 11.2. The van der Waals surface area contributed by atoms with Crippen molar-refractivity contribution in [3.05, 3.63) is 0 Å². The molecule has 0 amide bonds. The molecular weight excluding hydrogens is 280 g/mol. The third-order valence-corrected chi connectivity index (χ3v) is 4.61. The average Bonchev–Trinajstić information content (AvgIpc) is 2.33. The van der Waals surface area contributed by atoms with Gasteiger partial charge in [0, 0.05) is 13.3 Å². The quantitative estimate of drug-likeness (QED) is 0.340. The summed E-state index contributed by atoms with van der Waals surface area (Å²) in [5, 5.41) is -0.822. The van der Waals surface area contributed by atoms with Gasteiger partial charge in [-0.25, -0.2) is 0 Å². The van der Waals surface area contributed by atoms with Crippen molar-refractivity contribution < 1.29 is 22.5 Å². The Hall–Kier alpha value is -0.620. The first-order chi connectivity index (χ1) is 9.38. The predicted molar refractivity (Wildman–Crippen MR) is 79.2 cm³/mol. The average molecular weight is 308 g/mol. The molecule has 0 aromatic carbocycles. The molecule has 0 aliphatic heterocycles. The zero-order chi connectivity index (χ0) is 15.4. The second-order valence-electron chi connectivity index (χ2n) is 5.18. The third-order valence-electron chi connectivity index (χ3n) is 3.30. The highest BCUT2D eigenvalue weighted by Crippen LogP contribution is 2.16. The fourth-order valence-corrected chi connectivity index (χ4v) is 2.96. The molecular formula is C14H28O5S. The van der Waals surface area contributed by atoms with E-state index in [0.29, 0.717) is 6.42 Å². The maximum atomic E-state index is 11.2. The van der Waals surface area contributed by atoms with Gasteiger partial charge in [-0.3, -0.25) is 9.35 Å². The zero-order valence-electron chi connectivity index (χ0n) is 12.6. The molecule has 0 heterocycles. The molecule has 20 heavy (non-hydrogen) atoms. The van der Waals surface area contributed by atoms with Crippen LogP contribution in [0.2, 0.25) is 0 Å². The Balaban J connectivity index is 3.86. The molecule has 0 fully saturated rings. The summed E-state index contributed by atoms with van der Waals surface area (Å²) in [4.78, 5) is 10.6. The van der Waals surface area contributed by atoms with Crippen LogP contribution in [-0.2, 0) is 19.6 Å². The molecule has 6 heteroatoms. The summed E-state index contributed by atoms with van der Waals surface area (Å²) in [6, 6.07) is 0. The van der Waals surface area contributed by atoms with E-state index in [-0.39, 0.29) is 13.0 Å². The number of rotatable bonds is 12. The van der Waals surface area contributed by atoms with E-state index in [1.165, 1.54) is 32.6 Å². The zero-order valence-corrected chi connectivity index (χ0v) is 13.5. The Morgan fingerprint density at radius 2 is 1.60 bits per heavy atom. The minimum atomic E-state index is -4.06. The molecule has 120 valence electrons. The summed E-state index contributed by atoms with van der Waals surface area (Å²) < 4.78 is 36.3. The summed E-state index contributed by atoms with van der Waals surface area (Å²) in [5.41, 5.74) is 0. The summed E-state index contributed by atoms with van der Waals surface area (Å²) in [6.07, 6.45) is 8.30. The summed E-state index contributed by atoms with van der Waals surface area (Å²) >= 11 is 0. The Morgan fingerprint density at radius 1 is 1.05 bits per heavy atom. The van der Waals surface area contributed by atoms with Gasteiger partial charge in [0.2, 0.25) is 0 Å². The van der Waals surface area contributed by atoms with Crippen LogP contribution in [0.4, 0.5) is 0 Å². The number of carbonyl (C=O) groups is 1. The summed E-state index contributed by atoms with van der Waals surface area (Å²) in [5.74, 6) is -0.435. The van der Waals surface area contributed by atoms with E-state index in [1.54, 1.807) is 0 Å². The molecule has 0 spiro atoms. The van der Waals surface area contributed by atoms with Gasteiger partial charge in [-0.2, -0.15) is 8.42 Å². The fourth-order valence-electron chi connectivity index (χ4n) is 2.11. The minimum Gasteiger partial charge on any atom is -0.466 e. The van der Waals surface area contributed by atoms with Gasteiger partial charge in [0.05, 0.1) is 11.9 Å². The van der Waals surface area contributed by atoms with Crippen LogP contribution in [0.25, 0.3) is 0 Å². The number of hydrogen-bond acceptors (Lipinski definition) is 4. The number of hydrogen-bond donors (Lipinski definition) is 1. The monoisotopic (exact) mass is 308 g/mol. The van der Waals surface area contributed by atoms with Gasteiger partial charge in [-0.15, -0.1) is 0 Å². The molecule has 0 bridgehead atoms. The van der Waals surface area contributed by atoms with E-state index in [4.69, 9.17) is 9.29 Å². The van der Waals surface area contributed by atoms with Crippen molar-refractivity contribution in [3.8, 4) is 0 Å². The van der Waals surface area contributed by atoms with E-state index in [2.05, 4.69) is 6.92 Å². The van der Waals surface area contributed by atoms with Crippen LogP contribution in [0.1, 0.15) is 71.6 Å². The lowest BCUT2D eigenvalue weighted by Gasteiger charge is -2.13. The molecule has 1 unspecified atom stereocenters. The largest absolute Gasteiger partial charge is 0.466 e. The molecule has 0 saturated heterocycles. The fraction of sp³-hybridized carbons (Fsp3) is 0.929. The number of ether oxygens (including phenoxy) is 1. The van der Waals surface area contributed by atoms with Crippen LogP contribution < -0.4 is 0 Å². The highest BCUT2D eigenvalue weighted by atomic mass is 32.2. The lowest BCUT2D eigenvalue weighted by Crippen LogP contribution is -2.23. The van der Waals surface area contributed by atoms with Crippen LogP contribution in [0.15, 0.2) is 0 Å². The van der Waals surface area contributed by atoms with Crippen LogP contribution >= 0.6 is 0 Å². The van der Waals surface area contributed by atoms with Crippen molar-refractivity contribution in [1.29, 1.82) is 0 Å². The van der Waals surface area contributed by atoms with Gasteiger partial charge in [0.1, 0.15) is 0 Å². The van der Waals surface area contributed by atoms with Crippen molar-refractivity contribution in [2.75, 3.05) is 6.61 Å². The van der Waals surface area contributed by atoms with E-state index in [0.717, 1.165) is 19.3 Å². The van der Waals surface area contributed by atoms with E-state index in [9.17, 15) is 13.2 Å². The first kappa shape index (κ1) is 19.4. The molecule has 0 radical (unpaired) electrons. The molecule has 1 N–H and O–H groups in total. The van der Waals surface area contributed by atoms with Gasteiger partial charge in [-0.05, 0) is 6.42 Å². The number of unbranched alkanes of at least 4 members (excludes halogenated alkanes) is 6. The maximum Gasteiger partial charge on any atom is 0.302 e. The van der Waals surface area contributed by atoms with E-state index >= 15 is 0 Å². The van der Waals surface area contributed by atoms with Crippen LogP contribution in [0.5, 0.6) is 0 Å². The SMILES string of the molecule is CCCCCCCCCC(CCOC(C)=O)S(=O)(=O)O. The van der Waals surface area contributed by atoms with Crippen molar-refractivity contribution in [3.63, 3.8) is 0 Å². The van der Waals surface area contributed by atoms with Crippen LogP contribution in [-0.4, -0.2) is 30.8 Å². The van der Waals surface area contributed by atoms with Crippen molar-refractivity contribution in [2.24, 2.45) is 0 Å². The summed E-state index contributed by atoms with van der Waals surface area (Å²) in [7, 11) is -4.06. The van der Waals surface area contributed by atoms with Crippen molar-refractivity contribution in [2.45, 2.75) is 76.9 Å². The molecule has 0 aromatic rings. The Kier molecular flexibility index (Phi) is 10.7. The molecule has 0 rings (SSSR count). The first-order valence-corrected chi connectivity index (χ1v) is 8.98. The molecule has 1 atom stereocenters. The molecule has 0 saturated carbocycles. The van der Waals surface area contributed by atoms with Gasteiger partial charge in [-0.1, -0.05) is 51.9 Å². The lowest BCUT2D eigenvalue weighted by atomic mass is 10.1. The number of carbonyl (C=O) groups excluding carboxylic acids is 1. The Labute approximate surface area is 122 Å². The van der Waals surface area contributed by atoms with Gasteiger partial charge < -0.3 is 4.74 Å². The molecule has 5 nitrogen and oxygen atoms in total. The number of esters is 1. The highest BCUT2D eigenvalue weighted by Gasteiger charge is 2.22. The first-order valence-electron chi connectivity index (χ1n) is 7.47. The Morgan fingerprint density at radius 3 is 2.10 bits per heavy atom. The second kappa shape index (κ2) is 11.1. The van der Waals surface area contributed by atoms with Crippen molar-refractivity contribution >= 4 is 16.1 Å². The van der Waals surface area contributed by atoms with Gasteiger partial charge in [0.25, 0.3) is 10.1 Å². The van der Waals surface area contributed by atoms with Gasteiger partial charge in [0.15, 0.2) is 0 Å². The highest BCUT2D eigenvalue weighted by molar-refractivity contribution is 7.86. The standard InChI is InChI=1S/C14H28O5S/c1-3-4-5-6-7-8-9-10-14(20(16,17)18)11-12-19-13(2)15/h14H,3-12H2,1-2H3,(H,16,17,18). The van der Waals surface area contributed by atoms with E-state index < -0.39 is 21.3 Å². The molecule has 0 aromatic heterocycles. The van der Waals surface area contributed by atoms with Crippen LogP contribution in [0, 0.1) is 0 Å². The van der Waals surface area contributed by atoms with Gasteiger partial charge >= 0.3 is 5.97 Å². The molecule has 0 aliphatic rings. The molecule has 0 aliphatic carbocycles. The second-order valence-corrected chi connectivity index (χ2v) is 6.87.